The first-order chi connectivity index (χ1) is 11.7. The molecular weight excluding hydrogens is 384 g/mol. The molecule has 0 unspecified atom stereocenters. The van der Waals surface area contributed by atoms with E-state index in [1.165, 1.54) is 0 Å². The maximum absolute atomic E-state index is 5.19. The van der Waals surface area contributed by atoms with Crippen molar-refractivity contribution in [2.24, 2.45) is 4.99 Å². The van der Waals surface area contributed by atoms with Gasteiger partial charge in [0.05, 0.1) is 18.5 Å². The van der Waals surface area contributed by atoms with Gasteiger partial charge in [0.1, 0.15) is 5.75 Å². The van der Waals surface area contributed by atoms with E-state index in [-0.39, 0.29) is 0 Å². The summed E-state index contributed by atoms with van der Waals surface area (Å²) < 4.78 is 8.43. The summed E-state index contributed by atoms with van der Waals surface area (Å²) in [6, 6.07) is 16.0. The number of ether oxygens (including phenoxy) is 1. The highest BCUT2D eigenvalue weighted by atomic mass is 79.9. The zero-order valence-electron chi connectivity index (χ0n) is 13.3. The van der Waals surface area contributed by atoms with Gasteiger partial charge in [-0.3, -0.25) is 0 Å². The Bertz CT molecular complexity index is 892. The first kappa shape index (κ1) is 16.7. The summed E-state index contributed by atoms with van der Waals surface area (Å²) in [4.78, 5) is 5.71. The quantitative estimate of drug-likeness (QED) is 0.526. The van der Waals surface area contributed by atoms with Crippen LogP contribution in [-0.4, -0.2) is 11.7 Å². The third kappa shape index (κ3) is 3.68. The van der Waals surface area contributed by atoms with Crippen LogP contribution in [0.3, 0.4) is 0 Å². The van der Waals surface area contributed by atoms with E-state index in [1.54, 1.807) is 18.4 Å². The highest BCUT2D eigenvalue weighted by molar-refractivity contribution is 9.10. The van der Waals surface area contributed by atoms with E-state index in [1.807, 2.05) is 42.5 Å². The normalized spacial score (nSPS) is 11.5. The number of hydrogen-bond acceptors (Lipinski definition) is 3. The Labute approximate surface area is 153 Å². The van der Waals surface area contributed by atoms with Gasteiger partial charge in [-0.15, -0.1) is 17.9 Å². The summed E-state index contributed by atoms with van der Waals surface area (Å²) in [6.07, 6.45) is 1.89. The van der Waals surface area contributed by atoms with Gasteiger partial charge in [0, 0.05) is 16.4 Å². The minimum Gasteiger partial charge on any atom is -0.497 e. The molecule has 0 aliphatic rings. The molecule has 122 valence electrons. The van der Waals surface area contributed by atoms with Gasteiger partial charge in [-0.2, -0.15) is 0 Å². The largest absolute Gasteiger partial charge is 0.497 e. The fourth-order valence-corrected chi connectivity index (χ4v) is 3.55. The standard InChI is InChI=1S/C19H17BrN2OS/c1-3-12-22-18(14-4-6-15(20)7-5-14)13-24-19(22)21-16-8-10-17(23-2)11-9-16/h3-11,13H,1,12H2,2H3. The van der Waals surface area contributed by atoms with Crippen LogP contribution in [0.25, 0.3) is 11.3 Å². The number of thiazole rings is 1. The van der Waals surface area contributed by atoms with Gasteiger partial charge in [-0.25, -0.2) is 4.99 Å². The van der Waals surface area contributed by atoms with E-state index < -0.39 is 0 Å². The van der Waals surface area contributed by atoms with Crippen LogP contribution in [-0.2, 0) is 6.54 Å². The van der Waals surface area contributed by atoms with Gasteiger partial charge >= 0.3 is 0 Å². The molecule has 0 saturated heterocycles. The Balaban J connectivity index is 2.06. The molecule has 5 heteroatoms. The van der Waals surface area contributed by atoms with Crippen molar-refractivity contribution >= 4 is 33.0 Å². The first-order valence-electron chi connectivity index (χ1n) is 7.45. The molecule has 0 atom stereocenters. The molecule has 3 aromatic rings. The number of methoxy groups -OCH3 is 1. The Morgan fingerprint density at radius 2 is 1.88 bits per heavy atom. The summed E-state index contributed by atoms with van der Waals surface area (Å²) in [5, 5.41) is 2.13. The van der Waals surface area contributed by atoms with E-state index in [4.69, 9.17) is 9.73 Å². The molecule has 0 saturated carbocycles. The number of benzene rings is 2. The van der Waals surface area contributed by atoms with Gasteiger partial charge in [-0.05, 0) is 42.0 Å². The summed E-state index contributed by atoms with van der Waals surface area (Å²) in [7, 11) is 1.66. The molecule has 0 amide bonds. The number of aromatic nitrogens is 1. The van der Waals surface area contributed by atoms with Crippen LogP contribution < -0.4 is 9.54 Å². The van der Waals surface area contributed by atoms with Crippen LogP contribution in [0, 0.1) is 0 Å². The number of allylic oxidation sites excluding steroid dienone is 1. The molecule has 0 fully saturated rings. The highest BCUT2D eigenvalue weighted by Crippen LogP contribution is 2.23. The number of halogens is 1. The van der Waals surface area contributed by atoms with Gasteiger partial charge in [0.15, 0.2) is 4.80 Å². The van der Waals surface area contributed by atoms with E-state index in [9.17, 15) is 0 Å². The Morgan fingerprint density at radius 3 is 2.50 bits per heavy atom. The Kier molecular flexibility index (Phi) is 5.33. The van der Waals surface area contributed by atoms with Crippen molar-refractivity contribution < 1.29 is 4.74 Å². The van der Waals surface area contributed by atoms with Crippen LogP contribution >= 0.6 is 27.3 Å². The number of hydrogen-bond donors (Lipinski definition) is 0. The van der Waals surface area contributed by atoms with Crippen molar-refractivity contribution in [1.82, 2.24) is 4.57 Å². The third-order valence-corrected chi connectivity index (χ3v) is 4.94. The van der Waals surface area contributed by atoms with Crippen molar-refractivity contribution in [3.8, 4) is 17.0 Å². The number of nitrogens with zero attached hydrogens (tertiary/aromatic N) is 2. The average Bonchev–Trinajstić information content (AvgIpc) is 2.99. The fourth-order valence-electron chi connectivity index (χ4n) is 2.34. The summed E-state index contributed by atoms with van der Waals surface area (Å²) >= 11 is 5.10. The molecule has 1 aromatic heterocycles. The lowest BCUT2D eigenvalue weighted by molar-refractivity contribution is 0.415. The maximum atomic E-state index is 5.19. The lowest BCUT2D eigenvalue weighted by atomic mass is 10.2. The zero-order chi connectivity index (χ0) is 16.9. The average molecular weight is 401 g/mol. The van der Waals surface area contributed by atoms with Crippen molar-refractivity contribution in [3.63, 3.8) is 0 Å². The van der Waals surface area contributed by atoms with Gasteiger partial charge < -0.3 is 9.30 Å². The second kappa shape index (κ2) is 7.64. The second-order valence-corrected chi connectivity index (χ2v) is 6.87. The molecule has 3 rings (SSSR count). The van der Waals surface area contributed by atoms with Crippen molar-refractivity contribution in [3.05, 3.63) is 75.8 Å². The van der Waals surface area contributed by atoms with Gasteiger partial charge in [0.25, 0.3) is 0 Å². The lowest BCUT2D eigenvalue weighted by Crippen LogP contribution is -2.14. The molecule has 0 aliphatic heterocycles. The molecular formula is C19H17BrN2OS. The minimum atomic E-state index is 0.712. The molecule has 0 bridgehead atoms. The van der Waals surface area contributed by atoms with E-state index >= 15 is 0 Å². The Hall–Kier alpha value is -2.11. The van der Waals surface area contributed by atoms with Crippen LogP contribution in [0.5, 0.6) is 5.75 Å². The fraction of sp³-hybridized carbons (Fsp3) is 0.105. The zero-order valence-corrected chi connectivity index (χ0v) is 15.7. The SMILES string of the molecule is C=CCn1c(-c2ccc(Br)cc2)csc1=Nc1ccc(OC)cc1. The predicted octanol–water partition coefficient (Wildman–Crippen LogP) is 5.41. The van der Waals surface area contributed by atoms with E-state index in [0.717, 1.165) is 32.0 Å². The third-order valence-electron chi connectivity index (χ3n) is 3.55. The summed E-state index contributed by atoms with van der Waals surface area (Å²) in [5.41, 5.74) is 3.20. The molecule has 2 aromatic carbocycles. The smallest absolute Gasteiger partial charge is 0.190 e. The highest BCUT2D eigenvalue weighted by Gasteiger charge is 2.07. The van der Waals surface area contributed by atoms with Crippen molar-refractivity contribution in [2.45, 2.75) is 6.54 Å². The van der Waals surface area contributed by atoms with Crippen LogP contribution in [0.2, 0.25) is 0 Å². The first-order valence-corrected chi connectivity index (χ1v) is 9.12. The lowest BCUT2D eigenvalue weighted by Gasteiger charge is -2.07. The molecule has 3 nitrogen and oxygen atoms in total. The summed E-state index contributed by atoms with van der Waals surface area (Å²) in [6.45, 7) is 4.59. The maximum Gasteiger partial charge on any atom is 0.190 e. The molecule has 0 spiro atoms. The molecule has 1 heterocycles. The van der Waals surface area contributed by atoms with Crippen molar-refractivity contribution in [2.75, 3.05) is 7.11 Å². The predicted molar refractivity (Wildman–Crippen MR) is 104 cm³/mol. The van der Waals surface area contributed by atoms with Gasteiger partial charge in [-0.1, -0.05) is 34.1 Å². The molecule has 0 radical (unpaired) electrons. The molecule has 0 aliphatic carbocycles. The topological polar surface area (TPSA) is 26.5 Å². The summed E-state index contributed by atoms with van der Waals surface area (Å²) in [5.74, 6) is 0.828. The van der Waals surface area contributed by atoms with Crippen LogP contribution in [0.1, 0.15) is 0 Å². The number of rotatable bonds is 5. The van der Waals surface area contributed by atoms with Gasteiger partial charge in [0.2, 0.25) is 0 Å². The van der Waals surface area contributed by atoms with E-state index in [0.29, 0.717) is 6.54 Å². The van der Waals surface area contributed by atoms with Crippen LogP contribution in [0.4, 0.5) is 5.69 Å². The minimum absolute atomic E-state index is 0.712. The van der Waals surface area contributed by atoms with E-state index in [2.05, 4.69) is 44.6 Å². The molecule has 24 heavy (non-hydrogen) atoms. The Morgan fingerprint density at radius 1 is 1.17 bits per heavy atom. The van der Waals surface area contributed by atoms with Crippen LogP contribution in [0.15, 0.2) is 76.0 Å². The van der Waals surface area contributed by atoms with Crippen molar-refractivity contribution in [1.29, 1.82) is 0 Å². The molecule has 0 N–H and O–H groups in total. The second-order valence-electron chi connectivity index (χ2n) is 5.12. The monoisotopic (exact) mass is 400 g/mol.